The number of nitrogens with zero attached hydrogens (tertiary/aromatic N) is 2. The predicted octanol–water partition coefficient (Wildman–Crippen LogP) is 1.88. The first-order chi connectivity index (χ1) is 11.1. The van der Waals surface area contributed by atoms with Crippen LogP contribution in [-0.2, 0) is 4.79 Å². The number of ether oxygens (including phenoxy) is 3. The Bertz CT molecular complexity index is 733. The van der Waals surface area contributed by atoms with Crippen molar-refractivity contribution in [3.05, 3.63) is 35.8 Å². The number of nitrogens with one attached hydrogen (secondary N) is 1. The molecule has 2 aromatic heterocycles. The molecule has 23 heavy (non-hydrogen) atoms. The fourth-order valence-corrected chi connectivity index (χ4v) is 2.11. The normalized spacial score (nSPS) is 14.6. The molecule has 1 amide bonds. The van der Waals surface area contributed by atoms with Gasteiger partial charge in [0.25, 0.3) is 5.91 Å². The lowest BCUT2D eigenvalue weighted by atomic mass is 10.3. The molecule has 2 aliphatic rings. The van der Waals surface area contributed by atoms with Crippen molar-refractivity contribution in [2.75, 3.05) is 25.1 Å². The number of fused-ring (bicyclic) bond motifs is 2. The van der Waals surface area contributed by atoms with Gasteiger partial charge in [-0.2, -0.15) is 0 Å². The van der Waals surface area contributed by atoms with E-state index >= 15 is 0 Å². The third-order valence-electron chi connectivity index (χ3n) is 3.18. The molecule has 4 rings (SSSR count). The number of anilines is 1. The van der Waals surface area contributed by atoms with Crippen LogP contribution in [0.1, 0.15) is 11.4 Å². The number of pyridine rings is 2. The summed E-state index contributed by atoms with van der Waals surface area (Å²) in [5, 5.41) is 2.63. The monoisotopic (exact) mass is 315 g/mol. The fourth-order valence-electron chi connectivity index (χ4n) is 2.11. The summed E-state index contributed by atoms with van der Waals surface area (Å²) in [7, 11) is 0. The zero-order valence-electron chi connectivity index (χ0n) is 13.0. The van der Waals surface area contributed by atoms with Crippen molar-refractivity contribution in [1.29, 1.82) is 0 Å². The molecule has 7 nitrogen and oxygen atoms in total. The number of carbonyl (C=O) groups is 1. The highest BCUT2D eigenvalue weighted by Crippen LogP contribution is 2.28. The van der Waals surface area contributed by atoms with E-state index in [1.165, 1.54) is 0 Å². The van der Waals surface area contributed by atoms with Crippen molar-refractivity contribution >= 4 is 11.7 Å². The van der Waals surface area contributed by atoms with Crippen LogP contribution >= 0.6 is 0 Å². The van der Waals surface area contributed by atoms with Gasteiger partial charge in [-0.3, -0.25) is 9.78 Å². The van der Waals surface area contributed by atoms with Gasteiger partial charge in [0.2, 0.25) is 0 Å². The van der Waals surface area contributed by atoms with Gasteiger partial charge in [-0.05, 0) is 26.0 Å². The van der Waals surface area contributed by atoms with Crippen molar-refractivity contribution in [3.8, 4) is 17.2 Å². The van der Waals surface area contributed by atoms with Crippen molar-refractivity contribution in [2.45, 2.75) is 13.8 Å². The van der Waals surface area contributed by atoms with Gasteiger partial charge in [0, 0.05) is 17.5 Å². The van der Waals surface area contributed by atoms with Gasteiger partial charge in [-0.25, -0.2) is 4.98 Å². The van der Waals surface area contributed by atoms with E-state index in [0.717, 1.165) is 22.9 Å². The molecule has 0 saturated carbocycles. The molecule has 4 heterocycles. The lowest BCUT2D eigenvalue weighted by molar-refractivity contribution is -0.118. The Labute approximate surface area is 133 Å². The second-order valence-electron chi connectivity index (χ2n) is 5.11. The number of aromatic nitrogens is 2. The average Bonchev–Trinajstić information content (AvgIpc) is 2.55. The van der Waals surface area contributed by atoms with E-state index in [4.69, 9.17) is 14.2 Å². The number of amides is 1. The molecular weight excluding hydrogens is 298 g/mol. The van der Waals surface area contributed by atoms with E-state index < -0.39 is 0 Å². The predicted molar refractivity (Wildman–Crippen MR) is 83.1 cm³/mol. The molecule has 0 atom stereocenters. The van der Waals surface area contributed by atoms with Crippen LogP contribution in [0, 0.1) is 13.8 Å². The molecule has 0 bridgehead atoms. The van der Waals surface area contributed by atoms with Crippen molar-refractivity contribution in [2.24, 2.45) is 0 Å². The summed E-state index contributed by atoms with van der Waals surface area (Å²) < 4.78 is 15.7. The van der Waals surface area contributed by atoms with Crippen LogP contribution in [0.5, 0.6) is 17.2 Å². The number of carbonyl (C=O) groups excluding carboxylic acids is 1. The highest BCUT2D eigenvalue weighted by molar-refractivity contribution is 5.94. The summed E-state index contributed by atoms with van der Waals surface area (Å²) in [4.78, 5) is 19.1. The van der Waals surface area contributed by atoms with E-state index in [9.17, 15) is 4.79 Å². The van der Waals surface area contributed by atoms with Crippen LogP contribution in [0.4, 0.5) is 5.82 Å². The Morgan fingerprint density at radius 1 is 1.00 bits per heavy atom. The van der Waals surface area contributed by atoms with Crippen LogP contribution in [0.25, 0.3) is 0 Å². The Morgan fingerprint density at radius 2 is 1.78 bits per heavy atom. The zero-order valence-corrected chi connectivity index (χ0v) is 13.0. The van der Waals surface area contributed by atoms with Crippen molar-refractivity contribution in [3.63, 3.8) is 0 Å². The Balaban J connectivity index is 0.000000136. The molecule has 0 saturated heterocycles. The summed E-state index contributed by atoms with van der Waals surface area (Å²) >= 11 is 0. The van der Waals surface area contributed by atoms with Crippen LogP contribution < -0.4 is 19.5 Å². The van der Waals surface area contributed by atoms with E-state index in [1.807, 2.05) is 26.0 Å². The van der Waals surface area contributed by atoms with Crippen molar-refractivity contribution in [1.82, 2.24) is 9.97 Å². The standard InChI is InChI=1S/C8H8N2O2.C8H9NO2/c1-5-2-3-6-8(9-5)10-7(11)4-12-6;1-6-4-7-8(5-9-6)11-3-2-10-7/h2-3H,4H2,1H3,(H,9,10,11);4-5H,2-3H2,1H3. The first kappa shape index (κ1) is 15.1. The average molecular weight is 315 g/mol. The second kappa shape index (κ2) is 6.51. The number of aryl methyl sites for hydroxylation is 2. The van der Waals surface area contributed by atoms with E-state index in [0.29, 0.717) is 24.8 Å². The molecule has 0 spiro atoms. The maximum atomic E-state index is 10.9. The number of hydrogen-bond donors (Lipinski definition) is 1. The van der Waals surface area contributed by atoms with Crippen LogP contribution in [0.15, 0.2) is 24.4 Å². The molecule has 0 fully saturated rings. The molecule has 120 valence electrons. The van der Waals surface area contributed by atoms with Gasteiger partial charge >= 0.3 is 0 Å². The van der Waals surface area contributed by atoms with Gasteiger partial charge in [-0.1, -0.05) is 0 Å². The summed E-state index contributed by atoms with van der Waals surface area (Å²) in [6, 6.07) is 5.53. The molecule has 0 unspecified atom stereocenters. The number of hydrogen-bond acceptors (Lipinski definition) is 6. The lowest BCUT2D eigenvalue weighted by Crippen LogP contribution is -2.26. The highest BCUT2D eigenvalue weighted by Gasteiger charge is 2.16. The maximum absolute atomic E-state index is 10.9. The summed E-state index contributed by atoms with van der Waals surface area (Å²) in [6.45, 7) is 5.13. The second-order valence-corrected chi connectivity index (χ2v) is 5.11. The quantitative estimate of drug-likeness (QED) is 0.799. The first-order valence-corrected chi connectivity index (χ1v) is 7.24. The van der Waals surface area contributed by atoms with Crippen LogP contribution in [0.2, 0.25) is 0 Å². The largest absolute Gasteiger partial charge is 0.486 e. The minimum atomic E-state index is -0.152. The number of rotatable bonds is 0. The van der Waals surface area contributed by atoms with Gasteiger partial charge in [0.05, 0.1) is 6.20 Å². The Morgan fingerprint density at radius 3 is 2.61 bits per heavy atom. The van der Waals surface area contributed by atoms with Gasteiger partial charge in [0.15, 0.2) is 29.7 Å². The van der Waals surface area contributed by atoms with Crippen LogP contribution in [-0.4, -0.2) is 35.7 Å². The molecule has 1 N–H and O–H groups in total. The third kappa shape index (κ3) is 3.68. The smallest absolute Gasteiger partial charge is 0.263 e. The molecule has 0 aliphatic carbocycles. The third-order valence-corrected chi connectivity index (χ3v) is 3.18. The SMILES string of the molecule is Cc1cc2c(cn1)OCCO2.Cc1ccc2c(n1)NC(=O)CO2. The van der Waals surface area contributed by atoms with Gasteiger partial charge in [0.1, 0.15) is 13.2 Å². The van der Waals surface area contributed by atoms with E-state index in [-0.39, 0.29) is 12.5 Å². The molecular formula is C16H17N3O4. The van der Waals surface area contributed by atoms with Crippen molar-refractivity contribution < 1.29 is 19.0 Å². The van der Waals surface area contributed by atoms with Crippen LogP contribution in [0.3, 0.4) is 0 Å². The van der Waals surface area contributed by atoms with Gasteiger partial charge < -0.3 is 19.5 Å². The molecule has 0 aromatic carbocycles. The molecule has 7 heteroatoms. The minimum Gasteiger partial charge on any atom is -0.486 e. The molecule has 2 aromatic rings. The topological polar surface area (TPSA) is 82.6 Å². The minimum absolute atomic E-state index is 0.0811. The van der Waals surface area contributed by atoms with E-state index in [1.54, 1.807) is 12.3 Å². The summed E-state index contributed by atoms with van der Waals surface area (Å²) in [5.41, 5.74) is 1.81. The molecule has 0 radical (unpaired) electrons. The Hall–Kier alpha value is -2.83. The first-order valence-electron chi connectivity index (χ1n) is 7.24. The maximum Gasteiger partial charge on any atom is 0.263 e. The molecule has 2 aliphatic heterocycles. The zero-order chi connectivity index (χ0) is 16.2. The summed E-state index contributed by atoms with van der Waals surface area (Å²) in [5.74, 6) is 2.57. The highest BCUT2D eigenvalue weighted by atomic mass is 16.6. The Kier molecular flexibility index (Phi) is 4.27. The van der Waals surface area contributed by atoms with E-state index in [2.05, 4.69) is 15.3 Å². The van der Waals surface area contributed by atoms with Gasteiger partial charge in [-0.15, -0.1) is 0 Å². The lowest BCUT2D eigenvalue weighted by Gasteiger charge is -2.17. The summed E-state index contributed by atoms with van der Waals surface area (Å²) in [6.07, 6.45) is 1.70. The fraction of sp³-hybridized carbons (Fsp3) is 0.312.